The lowest BCUT2D eigenvalue weighted by Crippen LogP contribution is -2.32. The van der Waals surface area contributed by atoms with Crippen molar-refractivity contribution < 1.29 is 9.94 Å². The van der Waals surface area contributed by atoms with Crippen LogP contribution < -0.4 is 0 Å². The van der Waals surface area contributed by atoms with E-state index in [4.69, 9.17) is 9.83 Å². The minimum Gasteiger partial charge on any atom is -0.494 e. The van der Waals surface area contributed by atoms with E-state index in [0.717, 1.165) is 41.2 Å². The van der Waals surface area contributed by atoms with Gasteiger partial charge < -0.3 is 14.9 Å². The molecule has 2 aromatic carbocycles. The molecule has 6 nitrogen and oxygen atoms in total. The van der Waals surface area contributed by atoms with Gasteiger partial charge in [-0.15, -0.1) is 0 Å². The molecule has 3 heterocycles. The summed E-state index contributed by atoms with van der Waals surface area (Å²) in [6.07, 6.45) is 2.43. The Hall–Kier alpha value is -3.12. The van der Waals surface area contributed by atoms with Crippen LogP contribution in [0.3, 0.4) is 0 Å². The number of likely N-dealkylation sites (tertiary alicyclic amines) is 1. The van der Waals surface area contributed by atoms with Crippen LogP contribution in [0.4, 0.5) is 5.69 Å². The molecular weight excluding hydrogens is 388 g/mol. The SMILES string of the molecule is CC[C@H]1C[C@@H](C)CN1CCON=C1C(c2c(O)[nH]c3ccccc23)=Nc2ccccc21. The lowest BCUT2D eigenvalue weighted by molar-refractivity contribution is 0.105. The summed E-state index contributed by atoms with van der Waals surface area (Å²) in [6.45, 7) is 7.09. The van der Waals surface area contributed by atoms with E-state index in [1.165, 1.54) is 12.8 Å². The van der Waals surface area contributed by atoms with E-state index in [0.29, 0.717) is 29.6 Å². The summed E-state index contributed by atoms with van der Waals surface area (Å²) in [5.41, 5.74) is 4.58. The van der Waals surface area contributed by atoms with Crippen LogP contribution in [0.5, 0.6) is 5.88 Å². The van der Waals surface area contributed by atoms with E-state index >= 15 is 0 Å². The van der Waals surface area contributed by atoms with Crippen LogP contribution in [-0.2, 0) is 4.84 Å². The number of nitrogens with zero attached hydrogens (tertiary/aromatic N) is 3. The van der Waals surface area contributed by atoms with Gasteiger partial charge in [0.2, 0.25) is 0 Å². The van der Waals surface area contributed by atoms with E-state index in [1.54, 1.807) is 0 Å². The number of rotatable bonds is 6. The molecule has 2 aliphatic rings. The van der Waals surface area contributed by atoms with Crippen LogP contribution >= 0.6 is 0 Å². The number of para-hydroxylation sites is 2. The molecule has 0 saturated carbocycles. The molecule has 2 N–H and O–H groups in total. The van der Waals surface area contributed by atoms with Crippen LogP contribution in [0.1, 0.15) is 37.8 Å². The third-order valence-corrected chi connectivity index (χ3v) is 6.37. The van der Waals surface area contributed by atoms with Crippen molar-refractivity contribution >= 4 is 28.0 Å². The van der Waals surface area contributed by atoms with Gasteiger partial charge in [0.1, 0.15) is 18.0 Å². The minimum absolute atomic E-state index is 0.0947. The summed E-state index contributed by atoms with van der Waals surface area (Å²) in [6, 6.07) is 16.3. The Morgan fingerprint density at radius 2 is 2.00 bits per heavy atom. The number of aliphatic imine (C=N–C) groups is 1. The molecule has 2 aliphatic heterocycles. The van der Waals surface area contributed by atoms with Gasteiger partial charge >= 0.3 is 0 Å². The topological polar surface area (TPSA) is 73.2 Å². The van der Waals surface area contributed by atoms with Crippen molar-refractivity contribution in [1.29, 1.82) is 0 Å². The Labute approximate surface area is 182 Å². The van der Waals surface area contributed by atoms with Gasteiger partial charge in [0.25, 0.3) is 0 Å². The fraction of sp³-hybridized carbons (Fsp3) is 0.360. The molecule has 31 heavy (non-hydrogen) atoms. The molecule has 0 amide bonds. The predicted octanol–water partition coefficient (Wildman–Crippen LogP) is 4.85. The Morgan fingerprint density at radius 1 is 1.19 bits per heavy atom. The molecule has 160 valence electrons. The summed E-state index contributed by atoms with van der Waals surface area (Å²) >= 11 is 0. The van der Waals surface area contributed by atoms with Crippen molar-refractivity contribution in [2.45, 2.75) is 32.7 Å². The lowest BCUT2D eigenvalue weighted by atomic mass is 10.0. The second kappa shape index (κ2) is 8.19. The van der Waals surface area contributed by atoms with Gasteiger partial charge in [0.15, 0.2) is 5.88 Å². The number of H-pyrrole nitrogens is 1. The van der Waals surface area contributed by atoms with Crippen molar-refractivity contribution in [1.82, 2.24) is 9.88 Å². The highest BCUT2D eigenvalue weighted by atomic mass is 16.6. The first-order valence-corrected chi connectivity index (χ1v) is 11.1. The van der Waals surface area contributed by atoms with Gasteiger partial charge in [-0.3, -0.25) is 4.90 Å². The second-order valence-corrected chi connectivity index (χ2v) is 8.54. The van der Waals surface area contributed by atoms with Crippen molar-refractivity contribution in [3.63, 3.8) is 0 Å². The van der Waals surface area contributed by atoms with E-state index in [2.05, 4.69) is 28.9 Å². The average Bonchev–Trinajstić information content (AvgIpc) is 3.42. The van der Waals surface area contributed by atoms with Gasteiger partial charge in [0.05, 0.1) is 11.3 Å². The van der Waals surface area contributed by atoms with Gasteiger partial charge in [-0.2, -0.15) is 0 Å². The Morgan fingerprint density at radius 3 is 2.87 bits per heavy atom. The molecular formula is C25H28N4O2. The Kier molecular flexibility index (Phi) is 5.24. The number of hydrogen-bond donors (Lipinski definition) is 2. The summed E-state index contributed by atoms with van der Waals surface area (Å²) in [4.78, 5) is 16.2. The largest absolute Gasteiger partial charge is 0.494 e. The third-order valence-electron chi connectivity index (χ3n) is 6.37. The molecule has 0 spiro atoms. The quantitative estimate of drug-likeness (QED) is 0.446. The van der Waals surface area contributed by atoms with Gasteiger partial charge in [-0.1, -0.05) is 55.4 Å². The summed E-state index contributed by atoms with van der Waals surface area (Å²) < 4.78 is 0. The third kappa shape index (κ3) is 3.61. The van der Waals surface area contributed by atoms with E-state index in [-0.39, 0.29) is 5.88 Å². The van der Waals surface area contributed by atoms with Gasteiger partial charge in [-0.25, -0.2) is 4.99 Å². The van der Waals surface area contributed by atoms with Crippen LogP contribution in [0.25, 0.3) is 10.9 Å². The molecule has 3 aromatic rings. The molecule has 0 radical (unpaired) electrons. The van der Waals surface area contributed by atoms with Crippen LogP contribution in [0.2, 0.25) is 0 Å². The average molecular weight is 417 g/mol. The first-order valence-electron chi connectivity index (χ1n) is 11.1. The maximum Gasteiger partial charge on any atom is 0.199 e. The van der Waals surface area contributed by atoms with E-state index in [9.17, 15) is 5.11 Å². The monoisotopic (exact) mass is 416 g/mol. The zero-order chi connectivity index (χ0) is 21.4. The highest BCUT2D eigenvalue weighted by molar-refractivity contribution is 6.58. The fourth-order valence-electron chi connectivity index (χ4n) is 4.91. The number of fused-ring (bicyclic) bond motifs is 2. The number of aromatic amines is 1. The van der Waals surface area contributed by atoms with Crippen molar-refractivity contribution in [3.8, 4) is 5.88 Å². The molecule has 6 heteroatoms. The second-order valence-electron chi connectivity index (χ2n) is 8.54. The maximum absolute atomic E-state index is 10.6. The maximum atomic E-state index is 10.6. The number of aromatic nitrogens is 1. The molecule has 5 rings (SSSR count). The number of benzene rings is 2. The molecule has 1 aromatic heterocycles. The lowest BCUT2D eigenvalue weighted by Gasteiger charge is -2.22. The predicted molar refractivity (Wildman–Crippen MR) is 125 cm³/mol. The normalized spacial score (nSPS) is 22.3. The Bertz CT molecular complexity index is 1160. The van der Waals surface area contributed by atoms with Gasteiger partial charge in [-0.05, 0) is 30.9 Å². The van der Waals surface area contributed by atoms with Crippen LogP contribution in [0.15, 0.2) is 58.7 Å². The zero-order valence-electron chi connectivity index (χ0n) is 18.0. The van der Waals surface area contributed by atoms with E-state index in [1.807, 2.05) is 48.5 Å². The smallest absolute Gasteiger partial charge is 0.199 e. The molecule has 0 unspecified atom stereocenters. The summed E-state index contributed by atoms with van der Waals surface area (Å²) in [5.74, 6) is 0.832. The van der Waals surface area contributed by atoms with Crippen molar-refractivity contribution in [2.75, 3.05) is 19.7 Å². The molecule has 0 aliphatic carbocycles. The van der Waals surface area contributed by atoms with Crippen LogP contribution in [0, 0.1) is 5.92 Å². The standard InChI is InChI=1S/C25H28N4O2/c1-3-17-14-16(2)15-29(17)12-13-31-28-23-19-9-5-7-11-21(19)26-24(23)22-18-8-4-6-10-20(18)27-25(22)30/h4-11,16-17,27,30H,3,12-15H2,1-2H3/t16-,17+/m1/s1. The first-order chi connectivity index (χ1) is 15.2. The van der Waals surface area contributed by atoms with Gasteiger partial charge in [0, 0.05) is 35.6 Å². The molecule has 0 bridgehead atoms. The summed E-state index contributed by atoms with van der Waals surface area (Å²) in [7, 11) is 0. The number of nitrogens with one attached hydrogen (secondary N) is 1. The molecule has 1 saturated heterocycles. The fourth-order valence-corrected chi connectivity index (χ4v) is 4.91. The number of hydrogen-bond acceptors (Lipinski definition) is 5. The molecule has 1 fully saturated rings. The first kappa shape index (κ1) is 19.8. The number of oxime groups is 1. The zero-order valence-corrected chi connectivity index (χ0v) is 18.0. The van der Waals surface area contributed by atoms with E-state index < -0.39 is 0 Å². The Balaban J connectivity index is 1.42. The van der Waals surface area contributed by atoms with Crippen LogP contribution in [-0.4, -0.2) is 52.2 Å². The van der Waals surface area contributed by atoms with Crippen molar-refractivity contribution in [3.05, 3.63) is 59.7 Å². The molecule has 2 atom stereocenters. The highest BCUT2D eigenvalue weighted by Gasteiger charge is 2.30. The minimum atomic E-state index is 0.0947. The number of aromatic hydroxyl groups is 1. The highest BCUT2D eigenvalue weighted by Crippen LogP contribution is 2.35. The summed E-state index contributed by atoms with van der Waals surface area (Å²) in [5, 5.41) is 16.1. The van der Waals surface area contributed by atoms with Crippen molar-refractivity contribution in [2.24, 2.45) is 16.1 Å².